The van der Waals surface area contributed by atoms with Gasteiger partial charge in [-0.25, -0.2) is 4.39 Å². The van der Waals surface area contributed by atoms with Gasteiger partial charge in [-0.1, -0.05) is 24.3 Å². The summed E-state index contributed by atoms with van der Waals surface area (Å²) in [6.07, 6.45) is 0.440. The van der Waals surface area contributed by atoms with Crippen LogP contribution in [0.5, 0.6) is 5.75 Å². The second-order valence-corrected chi connectivity index (χ2v) is 4.81. The second kappa shape index (κ2) is 5.41. The van der Waals surface area contributed by atoms with Crippen LogP contribution < -0.4 is 4.74 Å². The highest BCUT2D eigenvalue weighted by molar-refractivity contribution is 5.31. The predicted molar refractivity (Wildman–Crippen MR) is 72.7 cm³/mol. The Morgan fingerprint density at radius 3 is 2.47 bits per heavy atom. The molecule has 2 rings (SSSR count). The normalized spacial score (nSPS) is 13.9. The standard InChI is InChI=1S/C16H17FO2/c1-16(18,13-6-8-14(17)9-7-13)11-12-4-3-5-15(10-12)19-2/h3-10,18H,11H2,1-2H3. The third-order valence-corrected chi connectivity index (χ3v) is 3.15. The van der Waals surface area contributed by atoms with Gasteiger partial charge < -0.3 is 9.84 Å². The summed E-state index contributed by atoms with van der Waals surface area (Å²) in [5, 5.41) is 10.5. The summed E-state index contributed by atoms with van der Waals surface area (Å²) in [6, 6.07) is 13.5. The van der Waals surface area contributed by atoms with Crippen molar-refractivity contribution in [1.82, 2.24) is 0 Å². The molecule has 0 saturated carbocycles. The van der Waals surface area contributed by atoms with Crippen molar-refractivity contribution in [2.75, 3.05) is 7.11 Å². The highest BCUT2D eigenvalue weighted by atomic mass is 19.1. The monoisotopic (exact) mass is 260 g/mol. The summed E-state index contributed by atoms with van der Waals surface area (Å²) in [4.78, 5) is 0. The van der Waals surface area contributed by atoms with E-state index in [9.17, 15) is 9.50 Å². The van der Waals surface area contributed by atoms with Crippen molar-refractivity contribution in [2.24, 2.45) is 0 Å². The lowest BCUT2D eigenvalue weighted by molar-refractivity contribution is 0.0575. The number of benzene rings is 2. The van der Waals surface area contributed by atoms with Gasteiger partial charge in [-0.05, 0) is 42.3 Å². The Morgan fingerprint density at radius 2 is 1.84 bits per heavy atom. The summed E-state index contributed by atoms with van der Waals surface area (Å²) in [7, 11) is 1.61. The molecule has 0 fully saturated rings. The van der Waals surface area contributed by atoms with E-state index in [4.69, 9.17) is 4.74 Å². The third kappa shape index (κ3) is 3.32. The minimum atomic E-state index is -1.04. The molecule has 2 nitrogen and oxygen atoms in total. The predicted octanol–water partition coefficient (Wildman–Crippen LogP) is 3.28. The molecule has 0 aromatic heterocycles. The molecule has 0 saturated heterocycles. The maximum Gasteiger partial charge on any atom is 0.123 e. The van der Waals surface area contributed by atoms with Gasteiger partial charge >= 0.3 is 0 Å². The summed E-state index contributed by atoms with van der Waals surface area (Å²) in [5.74, 6) is 0.452. The van der Waals surface area contributed by atoms with Gasteiger partial charge in [0.05, 0.1) is 12.7 Å². The molecular weight excluding hydrogens is 243 g/mol. The fourth-order valence-corrected chi connectivity index (χ4v) is 2.09. The number of rotatable bonds is 4. The van der Waals surface area contributed by atoms with Gasteiger partial charge in [0.1, 0.15) is 11.6 Å². The van der Waals surface area contributed by atoms with Crippen LogP contribution in [0.2, 0.25) is 0 Å². The molecule has 3 heteroatoms. The van der Waals surface area contributed by atoms with E-state index in [1.807, 2.05) is 24.3 Å². The van der Waals surface area contributed by atoms with Crippen LogP contribution in [0.1, 0.15) is 18.1 Å². The zero-order valence-corrected chi connectivity index (χ0v) is 11.1. The Labute approximate surface area is 112 Å². The van der Waals surface area contributed by atoms with E-state index in [0.29, 0.717) is 12.0 Å². The van der Waals surface area contributed by atoms with Gasteiger partial charge in [0, 0.05) is 6.42 Å². The second-order valence-electron chi connectivity index (χ2n) is 4.81. The number of halogens is 1. The van der Waals surface area contributed by atoms with Crippen LogP contribution in [0.15, 0.2) is 48.5 Å². The molecule has 1 atom stereocenters. The van der Waals surface area contributed by atoms with E-state index in [1.165, 1.54) is 12.1 Å². The number of ether oxygens (including phenoxy) is 1. The number of hydrogen-bond acceptors (Lipinski definition) is 2. The van der Waals surface area contributed by atoms with Gasteiger partial charge in [0.15, 0.2) is 0 Å². The first kappa shape index (κ1) is 13.6. The van der Waals surface area contributed by atoms with Crippen LogP contribution in [0.3, 0.4) is 0 Å². The summed E-state index contributed by atoms with van der Waals surface area (Å²) in [6.45, 7) is 1.72. The summed E-state index contributed by atoms with van der Waals surface area (Å²) >= 11 is 0. The van der Waals surface area contributed by atoms with Gasteiger partial charge in [-0.3, -0.25) is 0 Å². The van der Waals surface area contributed by atoms with Crippen molar-refractivity contribution < 1.29 is 14.2 Å². The van der Waals surface area contributed by atoms with Gasteiger partial charge in [0.2, 0.25) is 0 Å². The Morgan fingerprint density at radius 1 is 1.16 bits per heavy atom. The first-order valence-electron chi connectivity index (χ1n) is 6.12. The zero-order chi connectivity index (χ0) is 13.9. The van der Waals surface area contributed by atoms with Crippen molar-refractivity contribution in [2.45, 2.75) is 18.9 Å². The Bertz CT molecular complexity index is 547. The van der Waals surface area contributed by atoms with Crippen LogP contribution in [0.25, 0.3) is 0 Å². The number of hydrogen-bond donors (Lipinski definition) is 1. The van der Waals surface area contributed by atoms with Crippen molar-refractivity contribution in [1.29, 1.82) is 0 Å². The molecule has 19 heavy (non-hydrogen) atoms. The molecule has 0 spiro atoms. The molecule has 0 aliphatic rings. The molecule has 2 aromatic rings. The van der Waals surface area contributed by atoms with E-state index in [0.717, 1.165) is 11.3 Å². The van der Waals surface area contributed by atoms with E-state index in [1.54, 1.807) is 26.2 Å². The minimum absolute atomic E-state index is 0.305. The molecule has 0 heterocycles. The van der Waals surface area contributed by atoms with Crippen LogP contribution in [0.4, 0.5) is 4.39 Å². The Balaban J connectivity index is 2.22. The molecule has 0 amide bonds. The van der Waals surface area contributed by atoms with Gasteiger partial charge in [0.25, 0.3) is 0 Å². The lowest BCUT2D eigenvalue weighted by atomic mass is 9.89. The number of aliphatic hydroxyl groups is 1. The summed E-state index contributed by atoms with van der Waals surface area (Å²) < 4.78 is 18.1. The van der Waals surface area contributed by atoms with Gasteiger partial charge in [-0.15, -0.1) is 0 Å². The molecule has 1 unspecified atom stereocenters. The SMILES string of the molecule is COc1cccc(CC(C)(O)c2ccc(F)cc2)c1. The lowest BCUT2D eigenvalue weighted by Crippen LogP contribution is -2.24. The highest BCUT2D eigenvalue weighted by Crippen LogP contribution is 2.26. The van der Waals surface area contributed by atoms with Crippen LogP contribution >= 0.6 is 0 Å². The maximum absolute atomic E-state index is 12.9. The molecule has 0 radical (unpaired) electrons. The molecule has 0 aliphatic heterocycles. The van der Waals surface area contributed by atoms with Crippen LogP contribution in [-0.4, -0.2) is 12.2 Å². The molecule has 0 aliphatic carbocycles. The first-order chi connectivity index (χ1) is 9.01. The smallest absolute Gasteiger partial charge is 0.123 e. The van der Waals surface area contributed by atoms with E-state index in [-0.39, 0.29) is 5.82 Å². The average molecular weight is 260 g/mol. The minimum Gasteiger partial charge on any atom is -0.497 e. The van der Waals surface area contributed by atoms with E-state index < -0.39 is 5.60 Å². The fraction of sp³-hybridized carbons (Fsp3) is 0.250. The Kier molecular flexibility index (Phi) is 3.86. The largest absolute Gasteiger partial charge is 0.497 e. The maximum atomic E-state index is 12.9. The van der Waals surface area contributed by atoms with Crippen LogP contribution in [-0.2, 0) is 12.0 Å². The Hall–Kier alpha value is -1.87. The molecule has 1 N–H and O–H groups in total. The van der Waals surface area contributed by atoms with Gasteiger partial charge in [-0.2, -0.15) is 0 Å². The molecule has 100 valence electrons. The van der Waals surface area contributed by atoms with Crippen molar-refractivity contribution in [3.05, 3.63) is 65.5 Å². The number of methoxy groups -OCH3 is 1. The van der Waals surface area contributed by atoms with Crippen molar-refractivity contribution in [3.63, 3.8) is 0 Å². The van der Waals surface area contributed by atoms with E-state index in [2.05, 4.69) is 0 Å². The molecule has 2 aromatic carbocycles. The van der Waals surface area contributed by atoms with Crippen molar-refractivity contribution >= 4 is 0 Å². The quantitative estimate of drug-likeness (QED) is 0.914. The third-order valence-electron chi connectivity index (χ3n) is 3.15. The lowest BCUT2D eigenvalue weighted by Gasteiger charge is -2.24. The fourth-order valence-electron chi connectivity index (χ4n) is 2.09. The topological polar surface area (TPSA) is 29.5 Å². The zero-order valence-electron chi connectivity index (χ0n) is 11.1. The van der Waals surface area contributed by atoms with Crippen molar-refractivity contribution in [3.8, 4) is 5.75 Å². The van der Waals surface area contributed by atoms with E-state index >= 15 is 0 Å². The van der Waals surface area contributed by atoms with Crippen LogP contribution in [0, 0.1) is 5.82 Å². The highest BCUT2D eigenvalue weighted by Gasteiger charge is 2.23. The molecule has 0 bridgehead atoms. The average Bonchev–Trinajstić information content (AvgIpc) is 2.39. The first-order valence-corrected chi connectivity index (χ1v) is 6.12. The summed E-state index contributed by atoms with van der Waals surface area (Å²) in [5.41, 5.74) is 0.616. The molecular formula is C16H17FO2.